The van der Waals surface area contributed by atoms with Gasteiger partial charge in [-0.15, -0.1) is 6.58 Å². The fraction of sp³-hybridized carbons (Fsp3) is 0.913. The van der Waals surface area contributed by atoms with Gasteiger partial charge in [-0.2, -0.15) is 0 Å². The van der Waals surface area contributed by atoms with E-state index < -0.39 is 74.6 Å². The predicted molar refractivity (Wildman–Crippen MR) is 128 cm³/mol. The molecule has 0 aromatic rings. The van der Waals surface area contributed by atoms with E-state index in [1.54, 1.807) is 8.87 Å². The van der Waals surface area contributed by atoms with Crippen LogP contribution in [0.5, 0.6) is 0 Å². The van der Waals surface area contributed by atoms with Gasteiger partial charge in [0, 0.05) is 0 Å². The first-order valence-electron chi connectivity index (χ1n) is 12.3. The molecule has 2 radical (unpaired) electrons. The van der Waals surface area contributed by atoms with E-state index in [1.807, 2.05) is 0 Å². The van der Waals surface area contributed by atoms with Crippen LogP contribution in [0.15, 0.2) is 12.7 Å². The van der Waals surface area contributed by atoms with Crippen molar-refractivity contribution in [2.75, 3.05) is 19.8 Å². The summed E-state index contributed by atoms with van der Waals surface area (Å²) in [4.78, 5) is 0. The summed E-state index contributed by atoms with van der Waals surface area (Å²) in [6.45, 7) is 6.80. The number of ether oxygens (including phenoxy) is 4. The quantitative estimate of drug-likeness (QED) is 0.0764. The van der Waals surface area contributed by atoms with Crippen LogP contribution in [0.4, 0.5) is 0 Å². The van der Waals surface area contributed by atoms with Crippen molar-refractivity contribution in [3.05, 3.63) is 12.7 Å². The molecule has 0 bridgehead atoms. The second-order valence-electron chi connectivity index (χ2n) is 8.58. The fourth-order valence-corrected chi connectivity index (χ4v) is 7.74. The zero-order valence-electron chi connectivity index (χ0n) is 20.7. The number of unbranched alkanes of at least 4 members (excludes halogenated alkanes) is 2. The Hall–Kier alpha value is 0.0987. The summed E-state index contributed by atoms with van der Waals surface area (Å²) in [7, 11) is 0. The van der Waals surface area contributed by atoms with E-state index in [2.05, 4.69) is 20.4 Å². The Morgan fingerprint density at radius 1 is 0.771 bits per heavy atom. The molecular weight excluding hydrogens is 571 g/mol. The molecule has 2 fully saturated rings. The van der Waals surface area contributed by atoms with Gasteiger partial charge in [-0.1, -0.05) is 6.08 Å². The summed E-state index contributed by atoms with van der Waals surface area (Å²) < 4.78 is 24.4. The zero-order chi connectivity index (χ0) is 26.4. The molecule has 0 spiro atoms. The van der Waals surface area contributed by atoms with Crippen molar-refractivity contribution in [2.24, 2.45) is 0 Å². The van der Waals surface area contributed by atoms with Crippen LogP contribution >= 0.6 is 0 Å². The Morgan fingerprint density at radius 2 is 1.31 bits per heavy atom. The number of aliphatic hydroxyl groups excluding tert-OH is 7. The monoisotopic (exact) mass is 616 g/mol. The van der Waals surface area contributed by atoms with Gasteiger partial charge in [-0.25, -0.2) is 0 Å². The fourth-order valence-electron chi connectivity index (χ4n) is 3.58. The Kier molecular flexibility index (Phi) is 17.4. The van der Waals surface area contributed by atoms with Crippen molar-refractivity contribution in [1.29, 1.82) is 0 Å². The summed E-state index contributed by atoms with van der Waals surface area (Å²) in [5.74, 6) is 0. The first kappa shape index (κ1) is 33.1. The van der Waals surface area contributed by atoms with Crippen LogP contribution in [-0.4, -0.2) is 138 Å². The molecule has 35 heavy (non-hydrogen) atoms. The Labute approximate surface area is 217 Å². The van der Waals surface area contributed by atoms with E-state index in [0.717, 1.165) is 0 Å². The second kappa shape index (κ2) is 18.4. The molecule has 2 saturated heterocycles. The van der Waals surface area contributed by atoms with Crippen LogP contribution in [-0.2, 0) is 18.9 Å². The summed E-state index contributed by atoms with van der Waals surface area (Å²) >= 11 is 0.149. The average Bonchev–Trinajstić information content (AvgIpc) is 2.86. The van der Waals surface area contributed by atoms with Gasteiger partial charge in [0.15, 0.2) is 12.6 Å². The van der Waals surface area contributed by atoms with Crippen molar-refractivity contribution in [2.45, 2.75) is 110 Å². The molecule has 0 aromatic carbocycles. The number of rotatable bonds is 13. The molecule has 0 unspecified atom stereocenters. The van der Waals surface area contributed by atoms with Crippen LogP contribution in [0.25, 0.3) is 0 Å². The standard InChI is InChI=1S/C15H26O11.2C4H9.Sn/c1-2-3-23-14-12(22)10(20)13(7(5-17)25-14)26-15-11(21)9(19)8(18)6(4-16)24-15;2*1-3-4-2;/h2,6-22H,1,3-5H2;2*1,3-4H2,2H3;/t6-,7-,8+,9+,10-,11-,12-,13-,14-,15+;;;/m1.../s1. The minimum absolute atomic E-state index is 0.0326. The predicted octanol–water partition coefficient (Wildman–Crippen LogP) is -1.06. The van der Waals surface area contributed by atoms with Gasteiger partial charge in [0.1, 0.15) is 48.8 Å². The van der Waals surface area contributed by atoms with E-state index in [9.17, 15) is 35.7 Å². The SMILES string of the molecule is C=CCO[C@@H]1O[C@H](CO)[C@@H](O[C@@H]2O[C@H](CO)[C@H](O)[C@H](O)[C@H]2O)[C@H](O)[C@H]1O.CCC[CH2][Sn][CH2]CCC. The third-order valence-electron chi connectivity index (χ3n) is 5.75. The Bertz CT molecular complexity index is 548. The first-order valence-corrected chi connectivity index (χ1v) is 16.3. The van der Waals surface area contributed by atoms with Gasteiger partial charge in [0.25, 0.3) is 0 Å². The molecule has 0 aromatic heterocycles. The molecule has 0 aliphatic carbocycles. The van der Waals surface area contributed by atoms with Gasteiger partial charge in [-0.3, -0.25) is 0 Å². The molecule has 10 atom stereocenters. The van der Waals surface area contributed by atoms with Gasteiger partial charge in [0.2, 0.25) is 0 Å². The molecule has 2 rings (SSSR count). The summed E-state index contributed by atoms with van der Waals surface area (Å²) in [5, 5.41) is 68.6. The second-order valence-corrected chi connectivity index (χ2v) is 12.9. The molecule has 0 saturated carbocycles. The summed E-state index contributed by atoms with van der Waals surface area (Å²) in [5.41, 5.74) is 0. The molecule has 2 aliphatic heterocycles. The van der Waals surface area contributed by atoms with E-state index >= 15 is 0 Å². The first-order chi connectivity index (χ1) is 16.8. The van der Waals surface area contributed by atoms with Gasteiger partial charge in [0.05, 0.1) is 19.8 Å². The van der Waals surface area contributed by atoms with E-state index in [0.29, 0.717) is 0 Å². The number of hydrogen-bond donors (Lipinski definition) is 7. The van der Waals surface area contributed by atoms with Gasteiger partial charge < -0.3 is 54.7 Å². The average molecular weight is 615 g/mol. The molecule has 7 N–H and O–H groups in total. The Balaban J connectivity index is 0.000000579. The number of hydrogen-bond acceptors (Lipinski definition) is 11. The van der Waals surface area contributed by atoms with Crippen molar-refractivity contribution in [1.82, 2.24) is 0 Å². The summed E-state index contributed by atoms with van der Waals surface area (Å²) in [6.07, 6.45) is -7.31. The molecule has 12 heteroatoms. The van der Waals surface area contributed by atoms with Crippen molar-refractivity contribution >= 4 is 21.1 Å². The van der Waals surface area contributed by atoms with Crippen LogP contribution < -0.4 is 0 Å². The third kappa shape index (κ3) is 10.4. The molecule has 206 valence electrons. The maximum atomic E-state index is 10.3. The molecule has 0 amide bonds. The van der Waals surface area contributed by atoms with Crippen molar-refractivity contribution in [3.63, 3.8) is 0 Å². The van der Waals surface area contributed by atoms with E-state index in [4.69, 9.17) is 18.9 Å². The van der Waals surface area contributed by atoms with Crippen molar-refractivity contribution < 1.29 is 54.7 Å². The number of aliphatic hydroxyl groups is 7. The molecule has 11 nitrogen and oxygen atoms in total. The zero-order valence-corrected chi connectivity index (χ0v) is 23.5. The maximum absolute atomic E-state index is 10.3. The van der Waals surface area contributed by atoms with Crippen LogP contribution in [0.3, 0.4) is 0 Å². The molecule has 2 heterocycles. The molecular formula is C23H44O11Sn. The van der Waals surface area contributed by atoms with Crippen molar-refractivity contribution in [3.8, 4) is 0 Å². The van der Waals surface area contributed by atoms with Crippen LogP contribution in [0.2, 0.25) is 8.87 Å². The Morgan fingerprint density at radius 3 is 1.83 bits per heavy atom. The van der Waals surface area contributed by atoms with Crippen LogP contribution in [0.1, 0.15) is 39.5 Å². The third-order valence-corrected chi connectivity index (χ3v) is 9.79. The van der Waals surface area contributed by atoms with Crippen LogP contribution in [0, 0.1) is 0 Å². The van der Waals surface area contributed by atoms with E-state index in [1.165, 1.54) is 31.8 Å². The van der Waals surface area contributed by atoms with Gasteiger partial charge in [-0.05, 0) is 0 Å². The van der Waals surface area contributed by atoms with Gasteiger partial charge >= 0.3 is 69.5 Å². The summed E-state index contributed by atoms with van der Waals surface area (Å²) in [6, 6.07) is 0. The normalized spacial score (nSPS) is 37.4. The molecule has 2 aliphatic rings. The topological polar surface area (TPSA) is 179 Å². The van der Waals surface area contributed by atoms with E-state index in [-0.39, 0.29) is 27.7 Å². The minimum atomic E-state index is -1.70.